The molecule has 1 amide bonds. The third-order valence-corrected chi connectivity index (χ3v) is 5.04. The number of pyridine rings is 1. The van der Waals surface area contributed by atoms with Gasteiger partial charge in [0.05, 0.1) is 17.7 Å². The number of hydrogen-bond donors (Lipinski definition) is 2. The summed E-state index contributed by atoms with van der Waals surface area (Å²) in [5, 5.41) is 18.0. The van der Waals surface area contributed by atoms with Crippen LogP contribution in [0, 0.1) is 5.92 Å². The summed E-state index contributed by atoms with van der Waals surface area (Å²) in [6, 6.07) is 11.8. The molecule has 0 spiro atoms. The Morgan fingerprint density at radius 2 is 2.15 bits per heavy atom. The zero-order chi connectivity index (χ0) is 17.9. The molecule has 134 valence electrons. The molecule has 0 radical (unpaired) electrons. The predicted octanol–water partition coefficient (Wildman–Crippen LogP) is 2.45. The molecule has 1 aromatic carbocycles. The van der Waals surface area contributed by atoms with Gasteiger partial charge in [0.15, 0.2) is 0 Å². The van der Waals surface area contributed by atoms with E-state index in [1.165, 1.54) is 0 Å². The first kappa shape index (κ1) is 16.7. The highest BCUT2D eigenvalue weighted by Gasteiger charge is 2.35. The molecule has 6 heteroatoms. The fourth-order valence-corrected chi connectivity index (χ4v) is 3.53. The molecule has 2 heterocycles. The van der Waals surface area contributed by atoms with E-state index in [0.29, 0.717) is 25.8 Å². The van der Waals surface area contributed by atoms with E-state index in [2.05, 4.69) is 21.5 Å². The van der Waals surface area contributed by atoms with Gasteiger partial charge in [0.1, 0.15) is 0 Å². The van der Waals surface area contributed by atoms with Gasteiger partial charge in [-0.25, -0.2) is 0 Å². The van der Waals surface area contributed by atoms with Gasteiger partial charge in [0.2, 0.25) is 5.91 Å². The molecule has 2 aromatic heterocycles. The Kier molecular flexibility index (Phi) is 4.67. The number of aliphatic hydroxyl groups is 1. The van der Waals surface area contributed by atoms with Crippen LogP contribution in [0.4, 0.5) is 0 Å². The van der Waals surface area contributed by atoms with E-state index in [1.807, 2.05) is 42.7 Å². The van der Waals surface area contributed by atoms with Gasteiger partial charge in [-0.05, 0) is 42.5 Å². The minimum atomic E-state index is -0.267. The number of rotatable bonds is 6. The number of hydrogen-bond acceptors (Lipinski definition) is 4. The highest BCUT2D eigenvalue weighted by molar-refractivity contribution is 5.80. The SMILES string of the molecule is O=C(CCn1cccn1)N[C@H](c1cnc2ccccc2c1)C1CC(O)C1. The second-order valence-electron chi connectivity index (χ2n) is 6.91. The number of amides is 1. The lowest BCUT2D eigenvalue weighted by Gasteiger charge is -2.38. The molecule has 1 aliphatic rings. The van der Waals surface area contributed by atoms with Crippen molar-refractivity contribution >= 4 is 16.8 Å². The molecule has 3 aromatic rings. The number of nitrogens with zero attached hydrogens (tertiary/aromatic N) is 3. The minimum absolute atomic E-state index is 0.0138. The zero-order valence-corrected chi connectivity index (χ0v) is 14.5. The molecule has 4 rings (SSSR count). The number of aromatic nitrogens is 3. The van der Waals surface area contributed by atoms with Crippen molar-refractivity contribution in [1.29, 1.82) is 0 Å². The van der Waals surface area contributed by atoms with Crippen LogP contribution < -0.4 is 5.32 Å². The van der Waals surface area contributed by atoms with Gasteiger partial charge in [-0.15, -0.1) is 0 Å². The summed E-state index contributed by atoms with van der Waals surface area (Å²) in [6.45, 7) is 0.550. The summed E-state index contributed by atoms with van der Waals surface area (Å²) in [5.74, 6) is 0.224. The quantitative estimate of drug-likeness (QED) is 0.716. The smallest absolute Gasteiger partial charge is 0.222 e. The lowest BCUT2D eigenvalue weighted by molar-refractivity contribution is -0.123. The molecule has 1 atom stereocenters. The highest BCUT2D eigenvalue weighted by Crippen LogP contribution is 2.38. The van der Waals surface area contributed by atoms with Gasteiger partial charge in [0, 0.05) is 36.9 Å². The van der Waals surface area contributed by atoms with Gasteiger partial charge in [-0.3, -0.25) is 14.5 Å². The van der Waals surface area contributed by atoms with E-state index in [9.17, 15) is 9.90 Å². The third kappa shape index (κ3) is 3.60. The van der Waals surface area contributed by atoms with E-state index in [4.69, 9.17) is 0 Å². The monoisotopic (exact) mass is 350 g/mol. The van der Waals surface area contributed by atoms with Gasteiger partial charge >= 0.3 is 0 Å². The van der Waals surface area contributed by atoms with Crippen LogP contribution in [0.1, 0.15) is 30.9 Å². The summed E-state index contributed by atoms with van der Waals surface area (Å²) >= 11 is 0. The molecule has 1 saturated carbocycles. The van der Waals surface area contributed by atoms with Crippen LogP contribution in [-0.4, -0.2) is 31.9 Å². The Morgan fingerprint density at radius 1 is 1.31 bits per heavy atom. The topological polar surface area (TPSA) is 80.0 Å². The standard InChI is InChI=1S/C20H22N4O2/c25-17-11-15(12-17)20(23-19(26)6-9-24-8-3-7-22-24)16-10-14-4-1-2-5-18(14)21-13-16/h1-5,7-8,10,13,15,17,20,25H,6,9,11-12H2,(H,23,26)/t15?,17?,20-/m0/s1. The zero-order valence-electron chi connectivity index (χ0n) is 14.5. The number of para-hydroxylation sites is 1. The molecule has 0 saturated heterocycles. The van der Waals surface area contributed by atoms with Crippen molar-refractivity contribution in [2.75, 3.05) is 0 Å². The number of carbonyl (C=O) groups is 1. The molecule has 0 bridgehead atoms. The normalized spacial score (nSPS) is 20.5. The van der Waals surface area contributed by atoms with Crippen LogP contribution in [0.3, 0.4) is 0 Å². The molecule has 2 N–H and O–H groups in total. The van der Waals surface area contributed by atoms with Gasteiger partial charge in [0.25, 0.3) is 0 Å². The molecular weight excluding hydrogens is 328 g/mol. The number of carbonyl (C=O) groups excluding carboxylic acids is 1. The van der Waals surface area contributed by atoms with Crippen LogP contribution in [0.2, 0.25) is 0 Å². The summed E-state index contributed by atoms with van der Waals surface area (Å²) in [7, 11) is 0. The summed E-state index contributed by atoms with van der Waals surface area (Å²) in [4.78, 5) is 17.0. The van der Waals surface area contributed by atoms with Crippen molar-refractivity contribution in [2.45, 2.75) is 38.0 Å². The van der Waals surface area contributed by atoms with Crippen LogP contribution in [0.15, 0.2) is 55.0 Å². The molecule has 6 nitrogen and oxygen atoms in total. The molecule has 0 aliphatic heterocycles. The van der Waals surface area contributed by atoms with Crippen molar-refractivity contribution in [3.63, 3.8) is 0 Å². The van der Waals surface area contributed by atoms with Crippen LogP contribution in [-0.2, 0) is 11.3 Å². The van der Waals surface area contributed by atoms with E-state index < -0.39 is 0 Å². The van der Waals surface area contributed by atoms with Crippen molar-refractivity contribution in [1.82, 2.24) is 20.1 Å². The van der Waals surface area contributed by atoms with Crippen LogP contribution >= 0.6 is 0 Å². The van der Waals surface area contributed by atoms with Gasteiger partial charge < -0.3 is 10.4 Å². The Hall–Kier alpha value is -2.73. The maximum absolute atomic E-state index is 12.5. The number of aliphatic hydroxyl groups excluding tert-OH is 1. The fourth-order valence-electron chi connectivity index (χ4n) is 3.53. The number of nitrogens with one attached hydrogen (secondary N) is 1. The van der Waals surface area contributed by atoms with Crippen molar-refractivity contribution < 1.29 is 9.90 Å². The van der Waals surface area contributed by atoms with Crippen LogP contribution in [0.5, 0.6) is 0 Å². The number of aryl methyl sites for hydroxylation is 1. The van der Waals surface area contributed by atoms with Crippen LogP contribution in [0.25, 0.3) is 10.9 Å². The van der Waals surface area contributed by atoms with Crippen molar-refractivity contribution in [2.24, 2.45) is 5.92 Å². The summed E-state index contributed by atoms with van der Waals surface area (Å²) in [6.07, 6.45) is 6.91. The lowest BCUT2D eigenvalue weighted by Crippen LogP contribution is -2.41. The van der Waals surface area contributed by atoms with E-state index >= 15 is 0 Å². The number of benzene rings is 1. The highest BCUT2D eigenvalue weighted by atomic mass is 16.3. The molecule has 1 fully saturated rings. The Morgan fingerprint density at radius 3 is 2.92 bits per heavy atom. The molecular formula is C20H22N4O2. The molecule has 1 aliphatic carbocycles. The van der Waals surface area contributed by atoms with E-state index in [0.717, 1.165) is 16.5 Å². The van der Waals surface area contributed by atoms with Gasteiger partial charge in [-0.2, -0.15) is 5.10 Å². The second-order valence-corrected chi connectivity index (χ2v) is 6.91. The minimum Gasteiger partial charge on any atom is -0.393 e. The Bertz CT molecular complexity index is 888. The number of fused-ring (bicyclic) bond motifs is 1. The average molecular weight is 350 g/mol. The summed E-state index contributed by atoms with van der Waals surface area (Å²) in [5.41, 5.74) is 1.93. The fraction of sp³-hybridized carbons (Fsp3) is 0.350. The maximum Gasteiger partial charge on any atom is 0.222 e. The second kappa shape index (κ2) is 7.25. The maximum atomic E-state index is 12.5. The first-order chi connectivity index (χ1) is 12.7. The van der Waals surface area contributed by atoms with Crippen molar-refractivity contribution in [3.8, 4) is 0 Å². The van der Waals surface area contributed by atoms with Gasteiger partial charge in [-0.1, -0.05) is 18.2 Å². The Labute approximate surface area is 151 Å². The summed E-state index contributed by atoms with van der Waals surface area (Å²) < 4.78 is 1.75. The Balaban J connectivity index is 1.50. The van der Waals surface area contributed by atoms with E-state index in [-0.39, 0.29) is 24.0 Å². The molecule has 0 unspecified atom stereocenters. The largest absolute Gasteiger partial charge is 0.393 e. The predicted molar refractivity (Wildman–Crippen MR) is 98.2 cm³/mol. The average Bonchev–Trinajstić information content (AvgIpc) is 3.15. The van der Waals surface area contributed by atoms with E-state index in [1.54, 1.807) is 10.9 Å². The van der Waals surface area contributed by atoms with Crippen molar-refractivity contribution in [3.05, 3.63) is 60.6 Å². The first-order valence-corrected chi connectivity index (χ1v) is 8.98. The lowest BCUT2D eigenvalue weighted by atomic mass is 9.75. The third-order valence-electron chi connectivity index (χ3n) is 5.04. The first-order valence-electron chi connectivity index (χ1n) is 8.98. The molecule has 26 heavy (non-hydrogen) atoms.